The van der Waals surface area contributed by atoms with Gasteiger partial charge in [0.2, 0.25) is 0 Å². The largest absolute Gasteiger partial charge is 0.484 e. The molecule has 0 saturated heterocycles. The van der Waals surface area contributed by atoms with Crippen molar-refractivity contribution in [2.75, 3.05) is 0 Å². The monoisotopic (exact) mass is 423 g/mol. The fourth-order valence-corrected chi connectivity index (χ4v) is 3.62. The Balaban J connectivity index is 1.73. The molecule has 0 amide bonds. The number of ether oxygens (including phenoxy) is 1. The van der Waals surface area contributed by atoms with E-state index >= 15 is 0 Å². The van der Waals surface area contributed by atoms with E-state index < -0.39 is 0 Å². The minimum atomic E-state index is -0.237. The third-order valence-electron chi connectivity index (χ3n) is 3.67. The SMILES string of the molecule is C=CCn1c(COc2cc(Cl)ccc2Cl)nnc1SCc1ccccc1F. The van der Waals surface area contributed by atoms with Crippen molar-refractivity contribution in [1.29, 1.82) is 0 Å². The lowest BCUT2D eigenvalue weighted by molar-refractivity contribution is 0.289. The number of hydrogen-bond acceptors (Lipinski definition) is 4. The van der Waals surface area contributed by atoms with Crippen LogP contribution in [0.25, 0.3) is 0 Å². The second kappa shape index (κ2) is 9.26. The molecule has 0 spiro atoms. The number of hydrogen-bond donors (Lipinski definition) is 0. The predicted molar refractivity (Wildman–Crippen MR) is 107 cm³/mol. The molecular formula is C19H16Cl2FN3OS. The maximum absolute atomic E-state index is 13.8. The van der Waals surface area contributed by atoms with Crippen LogP contribution in [0.1, 0.15) is 11.4 Å². The first-order valence-corrected chi connectivity index (χ1v) is 9.79. The Morgan fingerprint density at radius 2 is 2.00 bits per heavy atom. The molecule has 1 heterocycles. The number of nitrogens with zero attached hydrogens (tertiary/aromatic N) is 3. The standard InChI is InChI=1S/C19H16Cl2FN3OS/c1-2-9-25-18(11-26-17-10-14(20)7-8-15(17)21)23-24-19(25)27-12-13-5-3-4-6-16(13)22/h2-8,10H,1,9,11-12H2. The zero-order valence-electron chi connectivity index (χ0n) is 14.2. The first-order chi connectivity index (χ1) is 13.1. The fraction of sp³-hybridized carbons (Fsp3) is 0.158. The highest BCUT2D eigenvalue weighted by Crippen LogP contribution is 2.29. The topological polar surface area (TPSA) is 39.9 Å². The molecule has 140 valence electrons. The molecule has 2 aromatic carbocycles. The van der Waals surface area contributed by atoms with Gasteiger partial charge < -0.3 is 4.74 Å². The summed E-state index contributed by atoms with van der Waals surface area (Å²) in [5.41, 5.74) is 0.610. The number of allylic oxidation sites excluding steroid dienone is 1. The quantitative estimate of drug-likeness (QED) is 0.340. The van der Waals surface area contributed by atoms with Gasteiger partial charge in [0.05, 0.1) is 5.02 Å². The summed E-state index contributed by atoms with van der Waals surface area (Å²) in [5.74, 6) is 1.29. The van der Waals surface area contributed by atoms with Crippen molar-refractivity contribution in [3.05, 3.63) is 82.4 Å². The van der Waals surface area contributed by atoms with Crippen LogP contribution in [0.15, 0.2) is 60.3 Å². The van der Waals surface area contributed by atoms with Crippen LogP contribution in [-0.4, -0.2) is 14.8 Å². The van der Waals surface area contributed by atoms with Gasteiger partial charge >= 0.3 is 0 Å². The van der Waals surface area contributed by atoms with Crippen molar-refractivity contribution in [3.8, 4) is 5.75 Å². The third-order valence-corrected chi connectivity index (χ3v) is 5.23. The van der Waals surface area contributed by atoms with Gasteiger partial charge in [0.25, 0.3) is 0 Å². The van der Waals surface area contributed by atoms with Gasteiger partial charge in [0, 0.05) is 23.4 Å². The van der Waals surface area contributed by atoms with Crippen molar-refractivity contribution in [2.24, 2.45) is 0 Å². The summed E-state index contributed by atoms with van der Waals surface area (Å²) in [4.78, 5) is 0. The molecule has 0 N–H and O–H groups in total. The van der Waals surface area contributed by atoms with Gasteiger partial charge in [0.1, 0.15) is 18.2 Å². The van der Waals surface area contributed by atoms with Crippen LogP contribution in [0.5, 0.6) is 5.75 Å². The molecule has 8 heteroatoms. The number of aromatic nitrogens is 3. The summed E-state index contributed by atoms with van der Waals surface area (Å²) in [6, 6.07) is 11.7. The van der Waals surface area contributed by atoms with E-state index in [0.717, 1.165) is 0 Å². The van der Waals surface area contributed by atoms with E-state index in [2.05, 4.69) is 16.8 Å². The van der Waals surface area contributed by atoms with Crippen LogP contribution in [0.4, 0.5) is 4.39 Å². The lowest BCUT2D eigenvalue weighted by Crippen LogP contribution is -2.07. The second-order valence-electron chi connectivity index (χ2n) is 5.54. The Hall–Kier alpha value is -2.02. The fourth-order valence-electron chi connectivity index (χ4n) is 2.33. The van der Waals surface area contributed by atoms with Gasteiger partial charge in [-0.25, -0.2) is 4.39 Å². The van der Waals surface area contributed by atoms with Gasteiger partial charge in [-0.15, -0.1) is 16.8 Å². The predicted octanol–water partition coefficient (Wildman–Crippen LogP) is 5.78. The summed E-state index contributed by atoms with van der Waals surface area (Å²) in [7, 11) is 0. The molecule has 0 aliphatic carbocycles. The van der Waals surface area contributed by atoms with E-state index in [-0.39, 0.29) is 12.4 Å². The van der Waals surface area contributed by atoms with Crippen molar-refractivity contribution in [3.63, 3.8) is 0 Å². The van der Waals surface area contributed by atoms with Gasteiger partial charge in [-0.3, -0.25) is 4.57 Å². The summed E-state index contributed by atoms with van der Waals surface area (Å²) in [6.07, 6.45) is 1.74. The number of halogens is 3. The van der Waals surface area contributed by atoms with E-state index in [1.165, 1.54) is 17.8 Å². The van der Waals surface area contributed by atoms with Crippen molar-refractivity contribution in [1.82, 2.24) is 14.8 Å². The van der Waals surface area contributed by atoms with Crippen molar-refractivity contribution < 1.29 is 9.13 Å². The van der Waals surface area contributed by atoms with E-state index in [9.17, 15) is 4.39 Å². The molecular weight excluding hydrogens is 408 g/mol. The number of thioether (sulfide) groups is 1. The molecule has 0 radical (unpaired) electrons. The van der Waals surface area contributed by atoms with Crippen LogP contribution in [0.2, 0.25) is 10.0 Å². The normalized spacial score (nSPS) is 10.8. The molecule has 0 atom stereocenters. The molecule has 0 unspecified atom stereocenters. The van der Waals surface area contributed by atoms with Gasteiger partial charge in [0.15, 0.2) is 11.0 Å². The van der Waals surface area contributed by atoms with E-state index in [4.69, 9.17) is 27.9 Å². The molecule has 27 heavy (non-hydrogen) atoms. The first kappa shape index (κ1) is 19.7. The zero-order valence-corrected chi connectivity index (χ0v) is 16.6. The highest BCUT2D eigenvalue weighted by atomic mass is 35.5. The van der Waals surface area contributed by atoms with Crippen LogP contribution >= 0.6 is 35.0 Å². The summed E-state index contributed by atoms with van der Waals surface area (Å²) < 4.78 is 21.4. The highest BCUT2D eigenvalue weighted by Gasteiger charge is 2.14. The smallest absolute Gasteiger partial charge is 0.191 e. The molecule has 0 aliphatic rings. The average Bonchev–Trinajstić information content (AvgIpc) is 3.04. The molecule has 3 aromatic rings. The maximum Gasteiger partial charge on any atom is 0.191 e. The van der Waals surface area contributed by atoms with Crippen molar-refractivity contribution >= 4 is 35.0 Å². The molecule has 1 aromatic heterocycles. The Kier molecular flexibility index (Phi) is 6.77. The lowest BCUT2D eigenvalue weighted by atomic mass is 10.2. The lowest BCUT2D eigenvalue weighted by Gasteiger charge is -2.10. The molecule has 0 fully saturated rings. The molecule has 0 aliphatic heterocycles. The molecule has 0 bridgehead atoms. The molecule has 0 saturated carbocycles. The number of benzene rings is 2. The zero-order chi connectivity index (χ0) is 19.2. The summed E-state index contributed by atoms with van der Waals surface area (Å²) in [6.45, 7) is 4.45. The summed E-state index contributed by atoms with van der Waals surface area (Å²) in [5, 5.41) is 10.0. The van der Waals surface area contributed by atoms with Crippen LogP contribution in [-0.2, 0) is 18.9 Å². The van der Waals surface area contributed by atoms with Gasteiger partial charge in [-0.2, -0.15) is 0 Å². The Labute approximate surface area is 171 Å². The van der Waals surface area contributed by atoms with Crippen LogP contribution in [0, 0.1) is 5.82 Å². The van der Waals surface area contributed by atoms with E-state index in [1.54, 1.807) is 42.5 Å². The Morgan fingerprint density at radius 3 is 2.78 bits per heavy atom. The first-order valence-electron chi connectivity index (χ1n) is 8.05. The number of rotatable bonds is 8. The van der Waals surface area contributed by atoms with Gasteiger partial charge in [-0.05, 0) is 23.8 Å². The van der Waals surface area contributed by atoms with Crippen LogP contribution < -0.4 is 4.74 Å². The van der Waals surface area contributed by atoms with E-state index in [1.807, 2.05) is 4.57 Å². The summed E-state index contributed by atoms with van der Waals surface area (Å²) >= 11 is 13.5. The van der Waals surface area contributed by atoms with Crippen molar-refractivity contribution in [2.45, 2.75) is 24.1 Å². The minimum Gasteiger partial charge on any atom is -0.484 e. The average molecular weight is 424 g/mol. The highest BCUT2D eigenvalue weighted by molar-refractivity contribution is 7.98. The minimum absolute atomic E-state index is 0.168. The maximum atomic E-state index is 13.8. The second-order valence-corrected chi connectivity index (χ2v) is 7.33. The Bertz CT molecular complexity index is 948. The third kappa shape index (κ3) is 5.03. The van der Waals surface area contributed by atoms with Crippen LogP contribution in [0.3, 0.4) is 0 Å². The Morgan fingerprint density at radius 1 is 1.19 bits per heavy atom. The molecule has 3 rings (SSSR count). The molecule has 4 nitrogen and oxygen atoms in total. The van der Waals surface area contributed by atoms with E-state index in [0.29, 0.717) is 44.6 Å². The van der Waals surface area contributed by atoms with Gasteiger partial charge in [-0.1, -0.05) is 59.2 Å².